The van der Waals surface area contributed by atoms with Crippen molar-refractivity contribution in [1.82, 2.24) is 0 Å². The predicted octanol–water partition coefficient (Wildman–Crippen LogP) is -0.384. The second-order valence-electron chi connectivity index (χ2n) is 2.67. The van der Waals surface area contributed by atoms with E-state index in [0.717, 1.165) is 0 Å². The average Bonchev–Trinajstić information content (AvgIpc) is 2.58. The van der Waals surface area contributed by atoms with Crippen molar-refractivity contribution in [2.24, 2.45) is 0 Å². The van der Waals surface area contributed by atoms with E-state index in [1.165, 1.54) is 30.7 Å². The number of quaternary nitrogens is 1. The van der Waals surface area contributed by atoms with Gasteiger partial charge in [-0.25, -0.2) is 0 Å². The molecule has 0 spiro atoms. The number of hydrogen-bond acceptors (Lipinski definition) is 5. The molecule has 0 aliphatic carbocycles. The van der Waals surface area contributed by atoms with Gasteiger partial charge in [-0.3, -0.25) is 19.2 Å². The van der Waals surface area contributed by atoms with Crippen molar-refractivity contribution in [2.45, 2.75) is 27.7 Å². The van der Waals surface area contributed by atoms with E-state index in [2.05, 4.69) is 54.9 Å². The van der Waals surface area contributed by atoms with Crippen LogP contribution in [-0.4, -0.2) is 62.0 Å². The van der Waals surface area contributed by atoms with Gasteiger partial charge in [0.2, 0.25) is 0 Å². The summed E-state index contributed by atoms with van der Waals surface area (Å²) < 4.78 is 16.7. The van der Waals surface area contributed by atoms with Gasteiger partial charge in [-0.15, -0.1) is 0 Å². The molecule has 0 rings (SSSR count). The standard InChI is InChI=1S/C8H20N.4CO.Co.H2O.O/c1-5-9(6-2,7-3)8-4;4*1-2;;;/h5-8H2,1-4H3;;;;;;1H2;/q+1;;;;;;;/p-1. The van der Waals surface area contributed by atoms with Crippen LogP contribution in [0.3, 0.4) is 0 Å². The van der Waals surface area contributed by atoms with E-state index in [1.807, 2.05) is 0 Å². The van der Waals surface area contributed by atoms with Crippen LogP contribution in [0.2, 0.25) is 0 Å². The van der Waals surface area contributed by atoms with E-state index in [9.17, 15) is 0 Å². The molecule has 0 aliphatic heterocycles. The third-order valence-electron chi connectivity index (χ3n) is 2.68. The van der Waals surface area contributed by atoms with Crippen molar-refractivity contribution in [3.05, 3.63) is 0 Å². The summed E-state index contributed by atoms with van der Waals surface area (Å²) in [6.45, 7) is 32.2. The van der Waals surface area contributed by atoms with Crippen molar-refractivity contribution in [3.63, 3.8) is 0 Å². The number of rotatable bonds is 4. The molecule has 0 aromatic carbocycles. The zero-order valence-corrected chi connectivity index (χ0v) is 13.1. The summed E-state index contributed by atoms with van der Waals surface area (Å²) in [4.78, 5) is 30.0. The molecule has 0 unspecified atom stereocenters. The van der Waals surface area contributed by atoms with Gasteiger partial charge in [0.05, 0.1) is 26.2 Å². The quantitative estimate of drug-likeness (QED) is 0.703. The number of nitrogens with zero attached hydrogens (tertiary/aromatic N) is 1. The third-order valence-corrected chi connectivity index (χ3v) is 2.68. The van der Waals surface area contributed by atoms with Gasteiger partial charge in [0.15, 0.2) is 0 Å². The molecule has 119 valence electrons. The minimum atomic E-state index is -0.812. The summed E-state index contributed by atoms with van der Waals surface area (Å²) in [6.07, 6.45) is 0. The van der Waals surface area contributed by atoms with E-state index >= 15 is 0 Å². The molecule has 0 atom stereocenters. The van der Waals surface area contributed by atoms with Gasteiger partial charge >= 0.3 is 23.0 Å². The Bertz CT molecular complexity index is 133. The summed E-state index contributed by atoms with van der Waals surface area (Å²) in [5, 5.41) is 0. The molecule has 0 aromatic heterocycles. The molecular weight excluding hydrogens is 313 g/mol. The second-order valence-corrected chi connectivity index (χ2v) is 2.86. The second kappa shape index (κ2) is 52.2. The van der Waals surface area contributed by atoms with Crippen LogP contribution in [0, 0.1) is 0 Å². The fourth-order valence-corrected chi connectivity index (χ4v) is 1.34. The first-order valence-electron chi connectivity index (χ1n) is 5.19. The SMILES string of the molecule is CC[N+](CC)(CC)CC.[C]=O.[C]=O.[C]=O.[C]=O.[O]=[Co-][OH]. The molecule has 0 fully saturated rings. The molecule has 0 saturated carbocycles. The molecule has 20 heavy (non-hydrogen) atoms. The topological polar surface area (TPSA) is 106 Å². The molecule has 7 nitrogen and oxygen atoms in total. The maximum atomic E-state index is 8.45. The molecule has 8 radical (unpaired) electrons. The first-order valence-corrected chi connectivity index (χ1v) is 6.09. The first kappa shape index (κ1) is 36.4. The Morgan fingerprint density at radius 3 is 0.800 bits per heavy atom. The van der Waals surface area contributed by atoms with E-state index < -0.39 is 15.0 Å². The van der Waals surface area contributed by atoms with Crippen LogP contribution in [0.15, 0.2) is 0 Å². The van der Waals surface area contributed by atoms with Crippen molar-refractivity contribution in [2.75, 3.05) is 26.2 Å². The van der Waals surface area contributed by atoms with Crippen molar-refractivity contribution >= 4 is 27.2 Å². The Kier molecular flexibility index (Phi) is 94.9. The molecule has 0 bridgehead atoms. The molecule has 0 aromatic rings. The van der Waals surface area contributed by atoms with Crippen molar-refractivity contribution in [1.29, 1.82) is 0 Å². The Morgan fingerprint density at radius 1 is 0.700 bits per heavy atom. The monoisotopic (exact) mass is 334 g/mol. The van der Waals surface area contributed by atoms with E-state index in [-0.39, 0.29) is 0 Å². The zero-order valence-electron chi connectivity index (χ0n) is 12.1. The van der Waals surface area contributed by atoms with Gasteiger partial charge in [0.1, 0.15) is 0 Å². The molecule has 8 heteroatoms. The van der Waals surface area contributed by atoms with Crippen LogP contribution >= 0.6 is 0 Å². The van der Waals surface area contributed by atoms with Crippen LogP contribution in [-0.2, 0) is 38.0 Å². The summed E-state index contributed by atoms with van der Waals surface area (Å²) in [6, 6.07) is 0. The van der Waals surface area contributed by atoms with Crippen LogP contribution in [0.25, 0.3) is 0 Å². The first-order chi connectivity index (χ1) is 9.66. The predicted molar refractivity (Wildman–Crippen MR) is 68.1 cm³/mol. The Labute approximate surface area is 128 Å². The number of carbonyl (C=O) groups excluding carboxylic acids is 4. The maximum absolute atomic E-state index is 8.45. The Balaban J connectivity index is -0.0000000373. The zero-order chi connectivity index (χ0) is 18.0. The van der Waals surface area contributed by atoms with Gasteiger partial charge in [-0.1, -0.05) is 0 Å². The van der Waals surface area contributed by atoms with E-state index in [4.69, 9.17) is 27.3 Å². The molecule has 0 amide bonds. The van der Waals surface area contributed by atoms with E-state index in [0.29, 0.717) is 0 Å². The molecule has 0 aliphatic rings. The minimum absolute atomic E-state index is 0.812. The fourth-order valence-electron chi connectivity index (χ4n) is 1.34. The van der Waals surface area contributed by atoms with Gasteiger partial charge in [0.25, 0.3) is 27.2 Å². The van der Waals surface area contributed by atoms with Gasteiger partial charge in [-0.2, -0.15) is 0 Å². The Morgan fingerprint density at radius 2 is 0.800 bits per heavy atom. The van der Waals surface area contributed by atoms with Crippen LogP contribution in [0.1, 0.15) is 27.7 Å². The fraction of sp³-hybridized carbons (Fsp3) is 0.667. The van der Waals surface area contributed by atoms with Crippen molar-refractivity contribution in [3.8, 4) is 0 Å². The molecule has 0 saturated heterocycles. The molecule has 1 N–H and O–H groups in total. The van der Waals surface area contributed by atoms with E-state index in [1.54, 1.807) is 0 Å². The Hall–Kier alpha value is -1.09. The number of hydrogen-bond donors (Lipinski definition) is 1. The third kappa shape index (κ3) is 36.0. The van der Waals surface area contributed by atoms with Crippen molar-refractivity contribution < 1.29 is 46.7 Å². The average molecular weight is 334 g/mol. The van der Waals surface area contributed by atoms with Gasteiger partial charge < -0.3 is 4.48 Å². The van der Waals surface area contributed by atoms with Crippen LogP contribution < -0.4 is 0 Å². The summed E-state index contributed by atoms with van der Waals surface area (Å²) in [7, 11) is 0. The molecule has 0 heterocycles. The summed E-state index contributed by atoms with van der Waals surface area (Å²) >= 11 is -0.812. The normalized spacial score (nSPS) is 7.25. The van der Waals surface area contributed by atoms with Gasteiger partial charge in [-0.05, 0) is 27.7 Å². The summed E-state index contributed by atoms with van der Waals surface area (Å²) in [5.74, 6) is 0. The summed E-state index contributed by atoms with van der Waals surface area (Å²) in [5.41, 5.74) is 0. The van der Waals surface area contributed by atoms with Crippen LogP contribution in [0.5, 0.6) is 0 Å². The van der Waals surface area contributed by atoms with Crippen LogP contribution in [0.4, 0.5) is 0 Å². The molecular formula is C12H21CoNO6. The van der Waals surface area contributed by atoms with Gasteiger partial charge in [0, 0.05) is 0 Å².